The second-order valence-corrected chi connectivity index (χ2v) is 11.8. The Bertz CT molecular complexity index is 1310. The van der Waals surface area contributed by atoms with Crippen LogP contribution in [-0.2, 0) is 41.6 Å². The number of thioether (sulfide) groups is 1. The van der Waals surface area contributed by atoms with Gasteiger partial charge in [0.2, 0.25) is 35.2 Å². The zero-order chi connectivity index (χ0) is 32.6. The van der Waals surface area contributed by atoms with Gasteiger partial charge in [-0.3, -0.25) is 28.8 Å². The van der Waals surface area contributed by atoms with Gasteiger partial charge in [-0.1, -0.05) is 54.2 Å². The average Bonchev–Trinajstić information content (AvgIpc) is 3.43. The second-order valence-electron chi connectivity index (χ2n) is 10.7. The summed E-state index contributed by atoms with van der Waals surface area (Å²) >= 11 is 1.15. The molecule has 1 fully saturated rings. The van der Waals surface area contributed by atoms with Crippen LogP contribution in [0, 0.1) is 0 Å². The van der Waals surface area contributed by atoms with Crippen LogP contribution in [0.25, 0.3) is 0 Å². The molecule has 13 nitrogen and oxygen atoms in total. The average molecular weight is 641 g/mol. The molecule has 2 aromatic carbocycles. The molecule has 0 radical (unpaired) electrons. The standard InChI is InChI=1S/C31H40N6O7S/c32-23(16-21-9-11-22(39)12-10-21)28(41)36-24(8-4-5-14-33-19-38)29(42)34-18-27(40)35-26(17-20-6-2-1-3-7-20)30(43)37-25-13-15-45-31(25)44/h1-3,6-7,9-12,19,23-26,39H,4-5,8,13-18,32H2,(H,33,38)(H,34,42)(H,35,40)(H,36,41)(H,37,43)/t23-,24+,25+,26-/m0/s1. The molecule has 5 amide bonds. The minimum absolute atomic E-state index is 0.0802. The second kappa shape index (κ2) is 18.4. The van der Waals surface area contributed by atoms with Crippen molar-refractivity contribution in [1.82, 2.24) is 26.6 Å². The summed E-state index contributed by atoms with van der Waals surface area (Å²) in [6.45, 7) is -0.0706. The molecule has 242 valence electrons. The smallest absolute Gasteiger partial charge is 0.243 e. The van der Waals surface area contributed by atoms with Gasteiger partial charge in [-0.15, -0.1) is 0 Å². The summed E-state index contributed by atoms with van der Waals surface area (Å²) in [7, 11) is 0. The van der Waals surface area contributed by atoms with Crippen LogP contribution < -0.4 is 32.3 Å². The van der Waals surface area contributed by atoms with Gasteiger partial charge in [-0.2, -0.15) is 0 Å². The Morgan fingerprint density at radius 2 is 1.62 bits per heavy atom. The third-order valence-electron chi connectivity index (χ3n) is 7.12. The number of carbonyl (C=O) groups excluding carboxylic acids is 6. The van der Waals surface area contributed by atoms with E-state index in [1.54, 1.807) is 12.1 Å². The maximum absolute atomic E-state index is 13.1. The van der Waals surface area contributed by atoms with Gasteiger partial charge in [0.25, 0.3) is 0 Å². The third kappa shape index (κ3) is 12.2. The fraction of sp³-hybridized carbons (Fsp3) is 0.419. The van der Waals surface area contributed by atoms with E-state index in [1.165, 1.54) is 12.1 Å². The molecule has 14 heteroatoms. The lowest BCUT2D eigenvalue weighted by molar-refractivity contribution is -0.132. The van der Waals surface area contributed by atoms with Crippen LogP contribution in [0.4, 0.5) is 0 Å². The number of nitrogens with one attached hydrogen (secondary N) is 5. The first-order valence-electron chi connectivity index (χ1n) is 14.7. The monoisotopic (exact) mass is 640 g/mol. The van der Waals surface area contributed by atoms with E-state index in [1.807, 2.05) is 30.3 Å². The van der Waals surface area contributed by atoms with Crippen LogP contribution in [0.5, 0.6) is 5.75 Å². The first-order valence-corrected chi connectivity index (χ1v) is 15.7. The van der Waals surface area contributed by atoms with Gasteiger partial charge in [0.15, 0.2) is 0 Å². The lowest BCUT2D eigenvalue weighted by Gasteiger charge is -2.22. The number of hydrogen-bond donors (Lipinski definition) is 7. The molecule has 0 aliphatic carbocycles. The number of hydrogen-bond acceptors (Lipinski definition) is 9. The molecule has 0 bridgehead atoms. The number of nitrogens with two attached hydrogens (primary N) is 1. The first-order chi connectivity index (χ1) is 21.7. The van der Waals surface area contributed by atoms with E-state index in [9.17, 15) is 33.9 Å². The Morgan fingerprint density at radius 1 is 0.911 bits per heavy atom. The molecule has 1 aliphatic heterocycles. The zero-order valence-corrected chi connectivity index (χ0v) is 25.6. The summed E-state index contributed by atoms with van der Waals surface area (Å²) < 4.78 is 0. The fourth-order valence-corrected chi connectivity index (χ4v) is 5.59. The molecule has 1 heterocycles. The largest absolute Gasteiger partial charge is 0.508 e. The van der Waals surface area contributed by atoms with Crippen molar-refractivity contribution < 1.29 is 33.9 Å². The molecule has 0 unspecified atom stereocenters. The third-order valence-corrected chi connectivity index (χ3v) is 8.13. The molecule has 0 saturated carbocycles. The lowest BCUT2D eigenvalue weighted by atomic mass is 10.0. The van der Waals surface area contributed by atoms with E-state index in [0.29, 0.717) is 38.0 Å². The van der Waals surface area contributed by atoms with Crippen LogP contribution in [0.3, 0.4) is 0 Å². The van der Waals surface area contributed by atoms with Crippen molar-refractivity contribution in [3.05, 3.63) is 65.7 Å². The Hall–Kier alpha value is -4.43. The van der Waals surface area contributed by atoms with Crippen molar-refractivity contribution in [2.45, 2.75) is 62.7 Å². The van der Waals surface area contributed by atoms with Crippen LogP contribution >= 0.6 is 11.8 Å². The van der Waals surface area contributed by atoms with Gasteiger partial charge in [-0.05, 0) is 55.4 Å². The highest BCUT2D eigenvalue weighted by Gasteiger charge is 2.31. The maximum Gasteiger partial charge on any atom is 0.243 e. The molecule has 45 heavy (non-hydrogen) atoms. The molecule has 3 rings (SSSR count). The number of rotatable bonds is 18. The number of unbranched alkanes of at least 4 members (excludes halogenated alkanes) is 1. The fourth-order valence-electron chi connectivity index (χ4n) is 4.65. The van der Waals surface area contributed by atoms with E-state index in [-0.39, 0.29) is 30.1 Å². The highest BCUT2D eigenvalue weighted by atomic mass is 32.2. The van der Waals surface area contributed by atoms with Gasteiger partial charge in [0.1, 0.15) is 17.8 Å². The van der Waals surface area contributed by atoms with E-state index in [4.69, 9.17) is 5.73 Å². The summed E-state index contributed by atoms with van der Waals surface area (Å²) in [6, 6.07) is 11.7. The van der Waals surface area contributed by atoms with Gasteiger partial charge in [0, 0.05) is 18.7 Å². The summed E-state index contributed by atoms with van der Waals surface area (Å²) in [4.78, 5) is 74.6. The van der Waals surface area contributed by atoms with Crippen LogP contribution in [0.2, 0.25) is 0 Å². The number of phenolic OH excluding ortho intramolecular Hbond substituents is 1. The van der Waals surface area contributed by atoms with E-state index < -0.39 is 54.3 Å². The van der Waals surface area contributed by atoms with Gasteiger partial charge in [0.05, 0.1) is 18.6 Å². The van der Waals surface area contributed by atoms with Crippen molar-refractivity contribution >= 4 is 46.9 Å². The molecule has 0 aromatic heterocycles. The quantitative estimate of drug-likeness (QED) is 0.0838. The number of amides is 5. The number of phenols is 1. The molecule has 0 spiro atoms. The van der Waals surface area contributed by atoms with Crippen molar-refractivity contribution in [3.63, 3.8) is 0 Å². The summed E-state index contributed by atoms with van der Waals surface area (Å²) in [5, 5.41) is 22.4. The van der Waals surface area contributed by atoms with E-state index >= 15 is 0 Å². The van der Waals surface area contributed by atoms with E-state index in [2.05, 4.69) is 26.6 Å². The van der Waals surface area contributed by atoms with Crippen LogP contribution in [0.15, 0.2) is 54.6 Å². The predicted molar refractivity (Wildman–Crippen MR) is 169 cm³/mol. The molecule has 4 atom stereocenters. The first kappa shape index (κ1) is 35.1. The van der Waals surface area contributed by atoms with Crippen molar-refractivity contribution in [1.29, 1.82) is 0 Å². The van der Waals surface area contributed by atoms with E-state index in [0.717, 1.165) is 22.9 Å². The highest BCUT2D eigenvalue weighted by molar-refractivity contribution is 8.14. The molecule has 1 aliphatic rings. The topological polar surface area (TPSA) is 209 Å². The molecule has 8 N–H and O–H groups in total. The van der Waals surface area contributed by atoms with Gasteiger partial charge < -0.3 is 37.4 Å². The zero-order valence-electron chi connectivity index (χ0n) is 24.8. The van der Waals surface area contributed by atoms with Gasteiger partial charge in [-0.25, -0.2) is 0 Å². The SMILES string of the molecule is N[C@@H](Cc1ccc(O)cc1)C(=O)N[C@H](CCCCNC=O)C(=O)NCC(=O)N[C@@H](Cc1ccccc1)C(=O)N[C@@H]1CCSC1=O. The molecular weight excluding hydrogens is 600 g/mol. The van der Waals surface area contributed by atoms with Crippen molar-refractivity contribution in [2.75, 3.05) is 18.8 Å². The Balaban J connectivity index is 1.60. The summed E-state index contributed by atoms with van der Waals surface area (Å²) in [6.07, 6.45) is 2.68. The molecular formula is C31H40N6O7S. The molecule has 1 saturated heterocycles. The normalized spacial score (nSPS) is 16.1. The summed E-state index contributed by atoms with van der Waals surface area (Å²) in [5.41, 5.74) is 7.60. The van der Waals surface area contributed by atoms with Gasteiger partial charge >= 0.3 is 0 Å². The minimum atomic E-state index is -1.01. The number of benzene rings is 2. The summed E-state index contributed by atoms with van der Waals surface area (Å²) in [5.74, 6) is -1.63. The Kier molecular flexibility index (Phi) is 14.3. The highest BCUT2D eigenvalue weighted by Crippen LogP contribution is 2.19. The van der Waals surface area contributed by atoms with Crippen LogP contribution in [0.1, 0.15) is 36.8 Å². The number of carbonyl (C=O) groups is 6. The minimum Gasteiger partial charge on any atom is -0.508 e. The maximum atomic E-state index is 13.1. The van der Waals surface area contributed by atoms with Crippen molar-refractivity contribution in [3.8, 4) is 5.75 Å². The Labute approximate surface area is 265 Å². The van der Waals surface area contributed by atoms with Crippen molar-refractivity contribution in [2.24, 2.45) is 5.73 Å². The van der Waals surface area contributed by atoms with Crippen LogP contribution in [-0.4, -0.2) is 83.3 Å². The lowest BCUT2D eigenvalue weighted by Crippen LogP contribution is -2.55. The number of aromatic hydroxyl groups is 1. The Morgan fingerprint density at radius 3 is 2.29 bits per heavy atom. The predicted octanol–water partition coefficient (Wildman–Crippen LogP) is -0.345. The molecule has 2 aromatic rings.